The molecule has 2 aromatic heterocycles. The summed E-state index contributed by atoms with van der Waals surface area (Å²) in [7, 11) is 0. The van der Waals surface area contributed by atoms with Crippen LogP contribution >= 0.6 is 11.3 Å². The van der Waals surface area contributed by atoms with E-state index >= 15 is 0 Å². The molecule has 1 unspecified atom stereocenters. The van der Waals surface area contributed by atoms with E-state index in [9.17, 15) is 0 Å². The Balaban J connectivity index is 2.28. The van der Waals surface area contributed by atoms with Crippen molar-refractivity contribution < 1.29 is 0 Å². The lowest BCUT2D eigenvalue weighted by atomic mass is 9.83. The van der Waals surface area contributed by atoms with Crippen LogP contribution in [-0.4, -0.2) is 15.2 Å². The Morgan fingerprint density at radius 3 is 2.50 bits per heavy atom. The Morgan fingerprint density at radius 1 is 1.22 bits per heavy atom. The molecule has 2 rings (SSSR count). The lowest BCUT2D eigenvalue weighted by Crippen LogP contribution is -2.14. The largest absolute Gasteiger partial charge is 0.384 e. The molecule has 2 aromatic rings. The van der Waals surface area contributed by atoms with Crippen molar-refractivity contribution >= 4 is 17.2 Å². The minimum Gasteiger partial charge on any atom is -0.384 e. The molecule has 96 valence electrons. The zero-order valence-corrected chi connectivity index (χ0v) is 12.0. The predicted molar refractivity (Wildman–Crippen MR) is 75.4 cm³/mol. The monoisotopic (exact) mass is 262 g/mol. The van der Waals surface area contributed by atoms with Crippen LogP contribution in [0.5, 0.6) is 0 Å². The molecule has 0 radical (unpaired) electrons. The zero-order chi connectivity index (χ0) is 13.3. The molecule has 0 bridgehead atoms. The third-order valence-electron chi connectivity index (χ3n) is 3.14. The van der Waals surface area contributed by atoms with E-state index in [2.05, 4.69) is 42.9 Å². The topological polar surface area (TPSA) is 64.7 Å². The average molecular weight is 262 g/mol. The first-order valence-corrected chi connectivity index (χ1v) is 6.75. The molecule has 0 saturated carbocycles. The Morgan fingerprint density at radius 2 is 1.94 bits per heavy atom. The number of hydrogen-bond donors (Lipinski definition) is 1. The quantitative estimate of drug-likeness (QED) is 0.901. The number of rotatable bonds is 2. The van der Waals surface area contributed by atoms with Crippen molar-refractivity contribution in [3.05, 3.63) is 23.3 Å². The molecule has 2 N–H and O–H groups in total. The Kier molecular flexibility index (Phi) is 3.34. The van der Waals surface area contributed by atoms with Crippen molar-refractivity contribution in [2.75, 3.05) is 5.73 Å². The second-order valence-corrected chi connectivity index (χ2v) is 6.51. The molecule has 0 aliphatic rings. The molecule has 0 aliphatic heterocycles. The van der Waals surface area contributed by atoms with Crippen molar-refractivity contribution in [1.82, 2.24) is 15.2 Å². The van der Waals surface area contributed by atoms with Crippen molar-refractivity contribution in [3.8, 4) is 10.6 Å². The van der Waals surface area contributed by atoms with Crippen LogP contribution in [0.25, 0.3) is 10.6 Å². The van der Waals surface area contributed by atoms with Gasteiger partial charge in [-0.15, -0.1) is 10.2 Å². The fourth-order valence-corrected chi connectivity index (χ4v) is 2.56. The molecule has 2 heterocycles. The highest BCUT2D eigenvalue weighted by atomic mass is 32.1. The van der Waals surface area contributed by atoms with Crippen LogP contribution in [-0.2, 0) is 0 Å². The molecule has 5 heteroatoms. The summed E-state index contributed by atoms with van der Waals surface area (Å²) in [6, 6.07) is 3.71. The van der Waals surface area contributed by atoms with Gasteiger partial charge in [0.1, 0.15) is 15.8 Å². The summed E-state index contributed by atoms with van der Waals surface area (Å²) in [5, 5.41) is 10.5. The van der Waals surface area contributed by atoms with Gasteiger partial charge >= 0.3 is 0 Å². The van der Waals surface area contributed by atoms with Crippen LogP contribution in [0.4, 0.5) is 5.82 Å². The second kappa shape index (κ2) is 4.65. The van der Waals surface area contributed by atoms with Crippen molar-refractivity contribution in [3.63, 3.8) is 0 Å². The standard InChI is InChI=1S/C13H18N4S/c1-8(13(2,3)4)11-16-17-12(18-11)9-5-6-10(14)15-7-9/h5-8H,1-4H3,(H2,14,15). The van der Waals surface area contributed by atoms with Gasteiger partial charge in [-0.3, -0.25) is 0 Å². The molecule has 18 heavy (non-hydrogen) atoms. The Bertz CT molecular complexity index is 525. The van der Waals surface area contributed by atoms with Gasteiger partial charge in [0.15, 0.2) is 0 Å². The van der Waals surface area contributed by atoms with E-state index < -0.39 is 0 Å². The number of hydrogen-bond acceptors (Lipinski definition) is 5. The first-order chi connectivity index (χ1) is 8.38. The van der Waals surface area contributed by atoms with Gasteiger partial charge in [0.2, 0.25) is 0 Å². The highest BCUT2D eigenvalue weighted by Gasteiger charge is 2.25. The number of nitrogens with two attached hydrogens (primary N) is 1. The summed E-state index contributed by atoms with van der Waals surface area (Å²) < 4.78 is 0. The van der Waals surface area contributed by atoms with Gasteiger partial charge < -0.3 is 5.73 Å². The fraction of sp³-hybridized carbons (Fsp3) is 0.462. The number of pyridine rings is 1. The average Bonchev–Trinajstić information content (AvgIpc) is 2.77. The lowest BCUT2D eigenvalue weighted by Gasteiger charge is -2.24. The van der Waals surface area contributed by atoms with Gasteiger partial charge in [-0.05, 0) is 17.5 Å². The number of nitrogen functional groups attached to an aromatic ring is 1. The van der Waals surface area contributed by atoms with Crippen molar-refractivity contribution in [1.29, 1.82) is 0 Å². The van der Waals surface area contributed by atoms with Crippen LogP contribution in [0.15, 0.2) is 18.3 Å². The zero-order valence-electron chi connectivity index (χ0n) is 11.1. The summed E-state index contributed by atoms with van der Waals surface area (Å²) in [5.74, 6) is 0.900. The van der Waals surface area contributed by atoms with Crippen LogP contribution in [0.1, 0.15) is 38.6 Å². The van der Waals surface area contributed by atoms with Gasteiger partial charge in [-0.2, -0.15) is 0 Å². The Hall–Kier alpha value is -1.49. The molecule has 0 amide bonds. The first-order valence-electron chi connectivity index (χ1n) is 5.93. The molecule has 4 nitrogen and oxygen atoms in total. The first kappa shape index (κ1) is 13.0. The highest BCUT2D eigenvalue weighted by molar-refractivity contribution is 7.14. The number of anilines is 1. The summed E-state index contributed by atoms with van der Waals surface area (Å²) >= 11 is 1.62. The van der Waals surface area contributed by atoms with Crippen LogP contribution in [0.3, 0.4) is 0 Å². The van der Waals surface area contributed by atoms with Crippen LogP contribution in [0.2, 0.25) is 0 Å². The Labute approximate surface area is 111 Å². The SMILES string of the molecule is CC(c1nnc(-c2ccc(N)nc2)s1)C(C)(C)C. The minimum absolute atomic E-state index is 0.191. The van der Waals surface area contributed by atoms with E-state index in [1.807, 2.05) is 6.07 Å². The van der Waals surface area contributed by atoms with E-state index in [0.717, 1.165) is 15.6 Å². The van der Waals surface area contributed by atoms with Gasteiger partial charge in [0.25, 0.3) is 0 Å². The molecule has 0 aromatic carbocycles. The molecule has 0 saturated heterocycles. The van der Waals surface area contributed by atoms with Gasteiger partial charge in [0, 0.05) is 17.7 Å². The van der Waals surface area contributed by atoms with Crippen LogP contribution < -0.4 is 5.73 Å². The maximum Gasteiger partial charge on any atom is 0.149 e. The molecule has 0 fully saturated rings. The van der Waals surface area contributed by atoms with E-state index in [0.29, 0.717) is 11.7 Å². The van der Waals surface area contributed by atoms with Crippen molar-refractivity contribution in [2.45, 2.75) is 33.6 Å². The van der Waals surface area contributed by atoms with Gasteiger partial charge in [-0.25, -0.2) is 4.98 Å². The van der Waals surface area contributed by atoms with Gasteiger partial charge in [0.05, 0.1) is 0 Å². The second-order valence-electron chi connectivity index (χ2n) is 5.50. The molecular formula is C13H18N4S. The minimum atomic E-state index is 0.191. The molecule has 1 atom stereocenters. The molecular weight excluding hydrogens is 244 g/mol. The lowest BCUT2D eigenvalue weighted by molar-refractivity contribution is 0.337. The number of aromatic nitrogens is 3. The smallest absolute Gasteiger partial charge is 0.149 e. The van der Waals surface area contributed by atoms with E-state index in [-0.39, 0.29) is 5.41 Å². The maximum absolute atomic E-state index is 5.57. The van der Waals surface area contributed by atoms with E-state index in [1.54, 1.807) is 23.6 Å². The summed E-state index contributed by atoms with van der Waals surface area (Å²) in [6.45, 7) is 8.82. The van der Waals surface area contributed by atoms with Gasteiger partial charge in [-0.1, -0.05) is 39.0 Å². The van der Waals surface area contributed by atoms with E-state index in [4.69, 9.17) is 5.73 Å². The summed E-state index contributed by atoms with van der Waals surface area (Å²) in [6.07, 6.45) is 1.74. The third-order valence-corrected chi connectivity index (χ3v) is 4.30. The maximum atomic E-state index is 5.57. The fourth-order valence-electron chi connectivity index (χ4n) is 1.43. The molecule has 0 spiro atoms. The predicted octanol–water partition coefficient (Wildman–Crippen LogP) is 3.33. The summed E-state index contributed by atoms with van der Waals surface area (Å²) in [4.78, 5) is 4.08. The number of nitrogens with zero attached hydrogens (tertiary/aromatic N) is 3. The van der Waals surface area contributed by atoms with Crippen LogP contribution in [0, 0.1) is 5.41 Å². The van der Waals surface area contributed by atoms with Crippen molar-refractivity contribution in [2.24, 2.45) is 5.41 Å². The molecule has 0 aliphatic carbocycles. The third kappa shape index (κ3) is 2.67. The summed E-state index contributed by atoms with van der Waals surface area (Å²) in [5.41, 5.74) is 6.73. The highest BCUT2D eigenvalue weighted by Crippen LogP contribution is 2.37. The van der Waals surface area contributed by atoms with E-state index in [1.165, 1.54) is 0 Å². The normalized spacial score (nSPS) is 13.6.